The zero-order valence-corrected chi connectivity index (χ0v) is 9.72. The number of carbonyl (C=O) groups excluding carboxylic acids is 1. The van der Waals surface area contributed by atoms with E-state index in [0.29, 0.717) is 5.56 Å². The van der Waals surface area contributed by atoms with Crippen LogP contribution in [-0.4, -0.2) is 11.4 Å². The van der Waals surface area contributed by atoms with Crippen LogP contribution in [-0.2, 0) is 0 Å². The molecule has 1 aromatic rings. The molecule has 0 aliphatic carbocycles. The van der Waals surface area contributed by atoms with Crippen LogP contribution in [0.5, 0.6) is 0 Å². The Morgan fingerprint density at radius 2 is 1.67 bits per heavy atom. The second-order valence-corrected chi connectivity index (χ2v) is 4.70. The Hall–Kier alpha value is -1.35. The van der Waals surface area contributed by atoms with Gasteiger partial charge in [0, 0.05) is 11.1 Å². The number of hydrazine groups is 1. The molecule has 15 heavy (non-hydrogen) atoms. The summed E-state index contributed by atoms with van der Waals surface area (Å²) in [6.45, 7) is 7.96. The van der Waals surface area contributed by atoms with Gasteiger partial charge >= 0.3 is 0 Å². The number of nitrogens with one attached hydrogen (secondary N) is 2. The fourth-order valence-corrected chi connectivity index (χ4v) is 1.02. The normalized spacial score (nSPS) is 11.2. The molecule has 0 fully saturated rings. The van der Waals surface area contributed by atoms with E-state index in [9.17, 15) is 4.79 Å². The fraction of sp³-hybridized carbons (Fsp3) is 0.417. The topological polar surface area (TPSA) is 41.1 Å². The molecule has 0 saturated carbocycles. The van der Waals surface area contributed by atoms with Crippen LogP contribution in [0.2, 0.25) is 0 Å². The van der Waals surface area contributed by atoms with E-state index in [1.165, 1.54) is 0 Å². The van der Waals surface area contributed by atoms with Crippen molar-refractivity contribution in [1.82, 2.24) is 10.9 Å². The Balaban J connectivity index is 2.58. The molecule has 1 amide bonds. The molecule has 3 nitrogen and oxygen atoms in total. The maximum atomic E-state index is 11.6. The quantitative estimate of drug-likeness (QED) is 0.727. The number of benzene rings is 1. The molecule has 0 aliphatic rings. The summed E-state index contributed by atoms with van der Waals surface area (Å²) in [5.74, 6) is -0.107. The minimum absolute atomic E-state index is 0.107. The van der Waals surface area contributed by atoms with Gasteiger partial charge in [0.2, 0.25) is 0 Å². The first-order valence-electron chi connectivity index (χ1n) is 5.03. The maximum Gasteiger partial charge on any atom is 0.265 e. The van der Waals surface area contributed by atoms with Crippen LogP contribution in [0.4, 0.5) is 0 Å². The first-order valence-corrected chi connectivity index (χ1v) is 5.03. The molecule has 1 aromatic carbocycles. The highest BCUT2D eigenvalue weighted by Gasteiger charge is 2.11. The van der Waals surface area contributed by atoms with Gasteiger partial charge in [0.05, 0.1) is 0 Å². The van der Waals surface area contributed by atoms with Crippen LogP contribution in [0.25, 0.3) is 0 Å². The number of amides is 1. The van der Waals surface area contributed by atoms with Gasteiger partial charge in [0.1, 0.15) is 0 Å². The zero-order valence-electron chi connectivity index (χ0n) is 9.72. The summed E-state index contributed by atoms with van der Waals surface area (Å²) in [6.07, 6.45) is 0. The van der Waals surface area contributed by atoms with Crippen LogP contribution in [0, 0.1) is 6.92 Å². The van der Waals surface area contributed by atoms with Gasteiger partial charge in [0.15, 0.2) is 0 Å². The van der Waals surface area contributed by atoms with Gasteiger partial charge in [-0.3, -0.25) is 10.2 Å². The van der Waals surface area contributed by atoms with E-state index in [4.69, 9.17) is 0 Å². The lowest BCUT2D eigenvalue weighted by molar-refractivity contribution is 0.0914. The van der Waals surface area contributed by atoms with Crippen LogP contribution in [0.15, 0.2) is 24.3 Å². The van der Waals surface area contributed by atoms with Gasteiger partial charge in [0.25, 0.3) is 5.91 Å². The number of carbonyl (C=O) groups is 1. The summed E-state index contributed by atoms with van der Waals surface area (Å²) in [7, 11) is 0. The second kappa shape index (κ2) is 4.45. The Labute approximate surface area is 90.9 Å². The van der Waals surface area contributed by atoms with Crippen molar-refractivity contribution in [2.75, 3.05) is 0 Å². The summed E-state index contributed by atoms with van der Waals surface area (Å²) in [4.78, 5) is 11.6. The van der Waals surface area contributed by atoms with Gasteiger partial charge in [-0.2, -0.15) is 0 Å². The van der Waals surface area contributed by atoms with E-state index in [2.05, 4.69) is 10.9 Å². The third kappa shape index (κ3) is 4.13. The summed E-state index contributed by atoms with van der Waals surface area (Å²) in [5.41, 5.74) is 7.29. The molecule has 3 heteroatoms. The Morgan fingerprint density at radius 3 is 2.13 bits per heavy atom. The molecular formula is C12H18N2O. The fourth-order valence-electron chi connectivity index (χ4n) is 1.02. The molecule has 0 bridgehead atoms. The van der Waals surface area contributed by atoms with Crippen molar-refractivity contribution >= 4 is 5.91 Å². The molecule has 2 N–H and O–H groups in total. The third-order valence-corrected chi connectivity index (χ3v) is 1.86. The summed E-state index contributed by atoms with van der Waals surface area (Å²) >= 11 is 0. The van der Waals surface area contributed by atoms with E-state index in [1.807, 2.05) is 52.0 Å². The largest absolute Gasteiger partial charge is 0.287 e. The van der Waals surface area contributed by atoms with Gasteiger partial charge in [-0.1, -0.05) is 17.7 Å². The minimum atomic E-state index is -0.125. The lowest BCUT2D eigenvalue weighted by Gasteiger charge is -2.20. The number of hydrogen-bond donors (Lipinski definition) is 2. The van der Waals surface area contributed by atoms with Crippen LogP contribution in [0.1, 0.15) is 36.7 Å². The monoisotopic (exact) mass is 206 g/mol. The predicted molar refractivity (Wildman–Crippen MR) is 61.5 cm³/mol. The molecule has 0 unspecified atom stereocenters. The average Bonchev–Trinajstić information content (AvgIpc) is 2.14. The van der Waals surface area contributed by atoms with Crippen molar-refractivity contribution in [2.45, 2.75) is 33.2 Å². The molecule has 0 aliphatic heterocycles. The van der Waals surface area contributed by atoms with Crippen LogP contribution in [0.3, 0.4) is 0 Å². The molecule has 0 atom stereocenters. The van der Waals surface area contributed by atoms with E-state index in [0.717, 1.165) is 5.56 Å². The Kier molecular flexibility index (Phi) is 3.48. The number of aryl methyl sites for hydroxylation is 1. The third-order valence-electron chi connectivity index (χ3n) is 1.86. The minimum Gasteiger partial charge on any atom is -0.287 e. The smallest absolute Gasteiger partial charge is 0.265 e. The van der Waals surface area contributed by atoms with Crippen molar-refractivity contribution in [1.29, 1.82) is 0 Å². The second-order valence-electron chi connectivity index (χ2n) is 4.70. The predicted octanol–water partition coefficient (Wildman–Crippen LogP) is 2.03. The molecule has 0 radical (unpaired) electrons. The molecule has 0 aromatic heterocycles. The molecule has 0 heterocycles. The Bertz CT molecular complexity index is 336. The van der Waals surface area contributed by atoms with Crippen molar-refractivity contribution in [3.8, 4) is 0 Å². The first kappa shape index (κ1) is 11.7. The highest BCUT2D eigenvalue weighted by atomic mass is 16.2. The van der Waals surface area contributed by atoms with Gasteiger partial charge in [-0.15, -0.1) is 0 Å². The van der Waals surface area contributed by atoms with Crippen LogP contribution >= 0.6 is 0 Å². The van der Waals surface area contributed by atoms with Gasteiger partial charge < -0.3 is 0 Å². The maximum absolute atomic E-state index is 11.6. The molecule has 0 saturated heterocycles. The SMILES string of the molecule is Cc1ccc(C(=O)NNC(C)(C)C)cc1. The molecule has 1 rings (SSSR count). The van der Waals surface area contributed by atoms with Gasteiger partial charge in [-0.25, -0.2) is 5.43 Å². The lowest BCUT2D eigenvalue weighted by Crippen LogP contribution is -2.48. The molecular weight excluding hydrogens is 188 g/mol. The van der Waals surface area contributed by atoms with Crippen molar-refractivity contribution in [3.05, 3.63) is 35.4 Å². The lowest BCUT2D eigenvalue weighted by atomic mass is 10.1. The number of hydrogen-bond acceptors (Lipinski definition) is 2. The van der Waals surface area contributed by atoms with Crippen molar-refractivity contribution < 1.29 is 4.79 Å². The first-order chi connectivity index (χ1) is 6.88. The highest BCUT2D eigenvalue weighted by molar-refractivity contribution is 5.93. The average molecular weight is 206 g/mol. The zero-order chi connectivity index (χ0) is 11.5. The summed E-state index contributed by atoms with van der Waals surface area (Å²) in [5, 5.41) is 0. The standard InChI is InChI=1S/C12H18N2O/c1-9-5-7-10(8-6-9)11(15)13-14-12(2,3)4/h5-8,14H,1-4H3,(H,13,15). The van der Waals surface area contributed by atoms with E-state index in [-0.39, 0.29) is 11.4 Å². The number of rotatable bonds is 2. The summed E-state index contributed by atoms with van der Waals surface area (Å²) < 4.78 is 0. The molecule has 0 spiro atoms. The van der Waals surface area contributed by atoms with E-state index >= 15 is 0 Å². The Morgan fingerprint density at radius 1 is 1.13 bits per heavy atom. The highest BCUT2D eigenvalue weighted by Crippen LogP contribution is 2.03. The van der Waals surface area contributed by atoms with Crippen molar-refractivity contribution in [3.63, 3.8) is 0 Å². The molecule has 82 valence electrons. The van der Waals surface area contributed by atoms with Crippen LogP contribution < -0.4 is 10.9 Å². The van der Waals surface area contributed by atoms with E-state index < -0.39 is 0 Å². The summed E-state index contributed by atoms with van der Waals surface area (Å²) in [6, 6.07) is 7.47. The van der Waals surface area contributed by atoms with Crippen molar-refractivity contribution in [2.24, 2.45) is 0 Å². The van der Waals surface area contributed by atoms with E-state index in [1.54, 1.807) is 0 Å². The van der Waals surface area contributed by atoms with Gasteiger partial charge in [-0.05, 0) is 39.8 Å².